The van der Waals surface area contributed by atoms with Crippen LogP contribution in [0.1, 0.15) is 5.56 Å². The Morgan fingerprint density at radius 3 is 2.43 bits per heavy atom. The van der Waals surface area contributed by atoms with E-state index < -0.39 is 11.5 Å². The Morgan fingerprint density at radius 2 is 1.83 bits per heavy atom. The van der Waals surface area contributed by atoms with Crippen LogP contribution in [0.25, 0.3) is 0 Å². The van der Waals surface area contributed by atoms with Crippen LogP contribution in [0.5, 0.6) is 17.2 Å². The highest BCUT2D eigenvalue weighted by atomic mass is 19.3. The number of nitrogens with one attached hydrogen (secondary N) is 1. The minimum atomic E-state index is -2.97. The van der Waals surface area contributed by atoms with E-state index in [2.05, 4.69) is 10.1 Å². The van der Waals surface area contributed by atoms with Gasteiger partial charge in [-0.2, -0.15) is 8.78 Å². The van der Waals surface area contributed by atoms with Gasteiger partial charge in [0.15, 0.2) is 11.5 Å². The van der Waals surface area contributed by atoms with Crippen molar-refractivity contribution in [3.05, 3.63) is 52.1 Å². The van der Waals surface area contributed by atoms with Crippen LogP contribution in [0.15, 0.2) is 36.4 Å². The highest BCUT2D eigenvalue weighted by Crippen LogP contribution is 2.30. The van der Waals surface area contributed by atoms with Crippen molar-refractivity contribution >= 4 is 17.3 Å². The average molecular weight is 425 g/mol. The summed E-state index contributed by atoms with van der Waals surface area (Å²) in [7, 11) is 4.38. The standard InChI is InChI=1S/C19H21F2N3O6/c1-23(10-12-4-7-15(30-19(20)21)17(8-12)29-3)11-18(25)22-14-6-5-13(24(26)27)9-16(14)28-2/h4-9,19H,10-11H2,1-3H3,(H,22,25). The molecule has 0 aromatic heterocycles. The maximum atomic E-state index is 12.4. The molecule has 0 bridgehead atoms. The van der Waals surface area contributed by atoms with E-state index in [1.165, 1.54) is 38.5 Å². The second-order valence-electron chi connectivity index (χ2n) is 6.23. The molecule has 2 aromatic rings. The predicted octanol–water partition coefficient (Wildman–Crippen LogP) is 3.28. The summed E-state index contributed by atoms with van der Waals surface area (Å²) in [5, 5.41) is 13.5. The first-order valence-corrected chi connectivity index (χ1v) is 8.66. The first kappa shape index (κ1) is 22.8. The maximum absolute atomic E-state index is 12.4. The SMILES string of the molecule is COc1cc([N+](=O)[O-])ccc1NC(=O)CN(C)Cc1ccc(OC(F)F)c(OC)c1. The Morgan fingerprint density at radius 1 is 1.13 bits per heavy atom. The number of carbonyl (C=O) groups is 1. The van der Waals surface area contributed by atoms with Crippen molar-refractivity contribution in [3.63, 3.8) is 0 Å². The molecule has 0 saturated carbocycles. The lowest BCUT2D eigenvalue weighted by atomic mass is 10.2. The largest absolute Gasteiger partial charge is 0.494 e. The second kappa shape index (κ2) is 10.3. The molecule has 0 saturated heterocycles. The third-order valence-electron chi connectivity index (χ3n) is 3.98. The topological polar surface area (TPSA) is 103 Å². The molecule has 0 aliphatic rings. The minimum Gasteiger partial charge on any atom is -0.494 e. The van der Waals surface area contributed by atoms with Gasteiger partial charge in [0.25, 0.3) is 5.69 Å². The van der Waals surface area contributed by atoms with E-state index in [0.717, 1.165) is 5.56 Å². The van der Waals surface area contributed by atoms with E-state index in [1.807, 2.05) is 0 Å². The number of likely N-dealkylation sites (N-methyl/N-ethyl adjacent to an activating group) is 1. The first-order valence-electron chi connectivity index (χ1n) is 8.66. The van der Waals surface area contributed by atoms with Gasteiger partial charge in [-0.05, 0) is 30.8 Å². The Bertz CT molecular complexity index is 910. The van der Waals surface area contributed by atoms with Crippen LogP contribution in [-0.4, -0.2) is 50.2 Å². The number of amides is 1. The third-order valence-corrected chi connectivity index (χ3v) is 3.98. The smallest absolute Gasteiger partial charge is 0.387 e. The summed E-state index contributed by atoms with van der Waals surface area (Å²) in [5.74, 6) is -0.128. The number of hydrogen-bond acceptors (Lipinski definition) is 7. The lowest BCUT2D eigenvalue weighted by molar-refractivity contribution is -0.384. The number of methoxy groups -OCH3 is 2. The van der Waals surface area contributed by atoms with Gasteiger partial charge in [0.2, 0.25) is 5.91 Å². The number of nitrogens with zero attached hydrogens (tertiary/aromatic N) is 2. The van der Waals surface area contributed by atoms with Crippen molar-refractivity contribution in [3.8, 4) is 17.2 Å². The minimum absolute atomic E-state index is 0.00224. The number of alkyl halides is 2. The van der Waals surface area contributed by atoms with Gasteiger partial charge in [-0.25, -0.2) is 0 Å². The van der Waals surface area contributed by atoms with E-state index in [9.17, 15) is 23.7 Å². The van der Waals surface area contributed by atoms with E-state index in [1.54, 1.807) is 24.1 Å². The molecule has 0 aliphatic carbocycles. The molecule has 1 N–H and O–H groups in total. The predicted molar refractivity (Wildman–Crippen MR) is 104 cm³/mol. The van der Waals surface area contributed by atoms with Crippen LogP contribution in [0.3, 0.4) is 0 Å². The van der Waals surface area contributed by atoms with Gasteiger partial charge in [-0.1, -0.05) is 6.07 Å². The van der Waals surface area contributed by atoms with Crippen LogP contribution in [0.4, 0.5) is 20.2 Å². The van der Waals surface area contributed by atoms with E-state index >= 15 is 0 Å². The van der Waals surface area contributed by atoms with Crippen molar-refractivity contribution in [1.29, 1.82) is 0 Å². The Kier molecular flexibility index (Phi) is 7.87. The van der Waals surface area contributed by atoms with Crippen molar-refractivity contribution in [2.75, 3.05) is 33.1 Å². The van der Waals surface area contributed by atoms with Gasteiger partial charge in [0.05, 0.1) is 37.4 Å². The molecule has 0 atom stereocenters. The summed E-state index contributed by atoms with van der Waals surface area (Å²) in [4.78, 5) is 24.3. The number of nitro benzene ring substituents is 1. The highest BCUT2D eigenvalue weighted by Gasteiger charge is 2.16. The van der Waals surface area contributed by atoms with Gasteiger partial charge in [0.1, 0.15) is 5.75 Å². The zero-order valence-corrected chi connectivity index (χ0v) is 16.6. The number of anilines is 1. The van der Waals surface area contributed by atoms with Crippen molar-refractivity contribution in [1.82, 2.24) is 4.90 Å². The average Bonchev–Trinajstić information content (AvgIpc) is 2.68. The highest BCUT2D eigenvalue weighted by molar-refractivity contribution is 5.93. The zero-order chi connectivity index (χ0) is 22.3. The lowest BCUT2D eigenvalue weighted by Crippen LogP contribution is -2.30. The van der Waals surface area contributed by atoms with Gasteiger partial charge < -0.3 is 19.5 Å². The summed E-state index contributed by atoms with van der Waals surface area (Å²) < 4.78 is 39.4. The van der Waals surface area contributed by atoms with Crippen LogP contribution in [-0.2, 0) is 11.3 Å². The quantitative estimate of drug-likeness (QED) is 0.460. The number of non-ortho nitro benzene ring substituents is 1. The number of ether oxygens (including phenoxy) is 3. The van der Waals surface area contributed by atoms with Crippen molar-refractivity contribution in [2.24, 2.45) is 0 Å². The first-order chi connectivity index (χ1) is 14.2. The maximum Gasteiger partial charge on any atom is 0.387 e. The number of rotatable bonds is 10. The molecule has 0 fully saturated rings. The van der Waals surface area contributed by atoms with E-state index in [4.69, 9.17) is 9.47 Å². The van der Waals surface area contributed by atoms with Crippen LogP contribution < -0.4 is 19.5 Å². The molecule has 0 aliphatic heterocycles. The molecule has 1 amide bonds. The number of carbonyl (C=O) groups excluding carboxylic acids is 1. The molecule has 11 heteroatoms. The summed E-state index contributed by atoms with van der Waals surface area (Å²) in [5.41, 5.74) is 0.864. The number of nitro groups is 1. The van der Waals surface area contributed by atoms with Crippen LogP contribution >= 0.6 is 0 Å². The molecule has 2 rings (SSSR count). The van der Waals surface area contributed by atoms with E-state index in [0.29, 0.717) is 12.2 Å². The number of hydrogen-bond donors (Lipinski definition) is 1. The van der Waals surface area contributed by atoms with Crippen LogP contribution in [0.2, 0.25) is 0 Å². The summed E-state index contributed by atoms with van der Waals surface area (Å²) >= 11 is 0. The third kappa shape index (κ3) is 6.27. The van der Waals surface area contributed by atoms with Crippen LogP contribution in [0, 0.1) is 10.1 Å². The molecular formula is C19H21F2N3O6. The molecule has 0 spiro atoms. The van der Waals surface area contributed by atoms with Gasteiger partial charge in [0, 0.05) is 12.6 Å². The molecule has 2 aromatic carbocycles. The Labute approximate surface area is 171 Å². The number of halogens is 2. The van der Waals surface area contributed by atoms with E-state index in [-0.39, 0.29) is 35.4 Å². The zero-order valence-electron chi connectivity index (χ0n) is 16.6. The Balaban J connectivity index is 2.00. The molecule has 0 heterocycles. The fourth-order valence-corrected chi connectivity index (χ4v) is 2.70. The van der Waals surface area contributed by atoms with Crippen molar-refractivity contribution in [2.45, 2.75) is 13.2 Å². The van der Waals surface area contributed by atoms with Gasteiger partial charge in [-0.3, -0.25) is 19.8 Å². The normalized spacial score (nSPS) is 10.8. The Hall–Kier alpha value is -3.47. The fourth-order valence-electron chi connectivity index (χ4n) is 2.70. The molecule has 30 heavy (non-hydrogen) atoms. The monoisotopic (exact) mass is 425 g/mol. The molecule has 162 valence electrons. The summed E-state index contributed by atoms with van der Waals surface area (Å²) in [6.45, 7) is -2.64. The summed E-state index contributed by atoms with van der Waals surface area (Å²) in [6, 6.07) is 8.38. The molecule has 0 radical (unpaired) electrons. The second-order valence-corrected chi connectivity index (χ2v) is 6.23. The summed E-state index contributed by atoms with van der Waals surface area (Å²) in [6.07, 6.45) is 0. The number of benzene rings is 2. The van der Waals surface area contributed by atoms with Crippen molar-refractivity contribution < 1.29 is 32.7 Å². The van der Waals surface area contributed by atoms with Gasteiger partial charge in [-0.15, -0.1) is 0 Å². The molecule has 0 unspecified atom stereocenters. The molecular weight excluding hydrogens is 404 g/mol. The molecule has 9 nitrogen and oxygen atoms in total. The lowest BCUT2D eigenvalue weighted by Gasteiger charge is -2.18. The fraction of sp³-hybridized carbons (Fsp3) is 0.316. The van der Waals surface area contributed by atoms with Gasteiger partial charge >= 0.3 is 6.61 Å².